The maximum Gasteiger partial charge on any atom is 0.246 e. The van der Waals surface area contributed by atoms with Crippen LogP contribution < -0.4 is 11.1 Å². The largest absolute Gasteiger partial charge is 0.322 e. The molecule has 0 saturated heterocycles. The van der Waals surface area contributed by atoms with Crippen molar-refractivity contribution in [1.29, 1.82) is 0 Å². The van der Waals surface area contributed by atoms with Gasteiger partial charge in [0, 0.05) is 9.90 Å². The Hall–Kier alpha value is -1.43. The van der Waals surface area contributed by atoms with Gasteiger partial charge in [0.25, 0.3) is 0 Å². The van der Waals surface area contributed by atoms with Crippen molar-refractivity contribution in [2.45, 2.75) is 6.04 Å². The van der Waals surface area contributed by atoms with Crippen molar-refractivity contribution in [2.75, 3.05) is 5.32 Å². The number of thiophene rings is 1. The van der Waals surface area contributed by atoms with Crippen molar-refractivity contribution in [2.24, 2.45) is 5.73 Å². The Labute approximate surface area is 112 Å². The molecule has 1 unspecified atom stereocenters. The Balaban J connectivity index is 2.12. The number of carbonyl (C=O) groups is 1. The van der Waals surface area contributed by atoms with Gasteiger partial charge in [-0.1, -0.05) is 17.7 Å². The Kier molecular flexibility index (Phi) is 3.96. The van der Waals surface area contributed by atoms with Gasteiger partial charge in [0.15, 0.2) is 0 Å². The summed E-state index contributed by atoms with van der Waals surface area (Å²) in [5.41, 5.74) is 5.83. The van der Waals surface area contributed by atoms with Crippen molar-refractivity contribution in [3.63, 3.8) is 0 Å². The lowest BCUT2D eigenvalue weighted by atomic mass is 10.2. The van der Waals surface area contributed by atoms with Crippen LogP contribution in [0.2, 0.25) is 5.02 Å². The first-order valence-corrected chi connectivity index (χ1v) is 6.38. The van der Waals surface area contributed by atoms with Gasteiger partial charge >= 0.3 is 0 Å². The van der Waals surface area contributed by atoms with Crippen LogP contribution >= 0.6 is 22.9 Å². The highest BCUT2D eigenvalue weighted by atomic mass is 35.5. The zero-order valence-corrected chi connectivity index (χ0v) is 10.8. The molecule has 0 spiro atoms. The van der Waals surface area contributed by atoms with Crippen molar-refractivity contribution in [3.05, 3.63) is 51.4 Å². The molecular weight excluding hydrogens is 275 g/mol. The molecule has 0 fully saturated rings. The molecule has 0 aliphatic carbocycles. The number of carbonyl (C=O) groups excluding carboxylic acids is 1. The molecule has 0 bridgehead atoms. The molecule has 18 heavy (non-hydrogen) atoms. The number of nitrogens with two attached hydrogens (primary N) is 1. The van der Waals surface area contributed by atoms with Crippen LogP contribution in [-0.2, 0) is 4.79 Å². The van der Waals surface area contributed by atoms with Crippen molar-refractivity contribution in [3.8, 4) is 0 Å². The third-order valence-corrected chi connectivity index (χ3v) is 3.51. The molecular formula is C12H10ClFN2OS. The monoisotopic (exact) mass is 284 g/mol. The molecule has 0 aliphatic rings. The highest BCUT2D eigenvalue weighted by molar-refractivity contribution is 7.10. The van der Waals surface area contributed by atoms with E-state index >= 15 is 0 Å². The highest BCUT2D eigenvalue weighted by Gasteiger charge is 2.18. The predicted molar refractivity (Wildman–Crippen MR) is 71.3 cm³/mol. The van der Waals surface area contributed by atoms with E-state index in [2.05, 4.69) is 5.32 Å². The van der Waals surface area contributed by atoms with Crippen LogP contribution in [0.15, 0.2) is 35.7 Å². The summed E-state index contributed by atoms with van der Waals surface area (Å²) in [6, 6.07) is 6.78. The van der Waals surface area contributed by atoms with Gasteiger partial charge in [0.2, 0.25) is 5.91 Å². The molecule has 1 atom stereocenters. The van der Waals surface area contributed by atoms with Crippen LogP contribution in [0.4, 0.5) is 10.1 Å². The fourth-order valence-corrected chi connectivity index (χ4v) is 2.28. The summed E-state index contributed by atoms with van der Waals surface area (Å²) in [7, 11) is 0. The van der Waals surface area contributed by atoms with Gasteiger partial charge in [0.05, 0.1) is 5.69 Å². The first kappa shape index (κ1) is 13.0. The number of nitrogens with one attached hydrogen (secondary N) is 1. The van der Waals surface area contributed by atoms with Crippen LogP contribution in [-0.4, -0.2) is 5.91 Å². The second-order valence-electron chi connectivity index (χ2n) is 3.61. The number of hydrogen-bond acceptors (Lipinski definition) is 3. The number of anilines is 1. The fourth-order valence-electron chi connectivity index (χ4n) is 1.40. The van der Waals surface area contributed by atoms with Gasteiger partial charge in [0.1, 0.15) is 11.9 Å². The molecule has 1 aromatic heterocycles. The van der Waals surface area contributed by atoms with E-state index in [1.807, 2.05) is 5.38 Å². The summed E-state index contributed by atoms with van der Waals surface area (Å²) in [6.07, 6.45) is 0. The molecule has 6 heteroatoms. The number of amides is 1. The van der Waals surface area contributed by atoms with E-state index in [9.17, 15) is 9.18 Å². The van der Waals surface area contributed by atoms with E-state index in [0.717, 1.165) is 10.9 Å². The number of benzene rings is 1. The zero-order chi connectivity index (χ0) is 13.1. The second kappa shape index (κ2) is 5.48. The topological polar surface area (TPSA) is 55.1 Å². The Bertz CT molecular complexity index is 559. The van der Waals surface area contributed by atoms with Gasteiger partial charge in [-0.3, -0.25) is 4.79 Å². The molecule has 94 valence electrons. The number of halogens is 2. The smallest absolute Gasteiger partial charge is 0.246 e. The van der Waals surface area contributed by atoms with Crippen LogP contribution in [0.1, 0.15) is 10.9 Å². The SMILES string of the molecule is NC(C(=O)Nc1ccc(Cl)cc1F)c1cccs1. The van der Waals surface area contributed by atoms with Gasteiger partial charge in [-0.2, -0.15) is 0 Å². The molecule has 1 aromatic carbocycles. The summed E-state index contributed by atoms with van der Waals surface area (Å²) in [6.45, 7) is 0. The molecule has 2 rings (SSSR count). The third-order valence-electron chi connectivity index (χ3n) is 2.32. The van der Waals surface area contributed by atoms with E-state index in [0.29, 0.717) is 0 Å². The van der Waals surface area contributed by atoms with E-state index < -0.39 is 17.8 Å². The maximum atomic E-state index is 13.5. The Morgan fingerprint density at radius 1 is 1.44 bits per heavy atom. The number of rotatable bonds is 3. The van der Waals surface area contributed by atoms with E-state index in [4.69, 9.17) is 17.3 Å². The van der Waals surface area contributed by atoms with Crippen molar-refractivity contribution < 1.29 is 9.18 Å². The van der Waals surface area contributed by atoms with Gasteiger partial charge in [-0.15, -0.1) is 11.3 Å². The van der Waals surface area contributed by atoms with Crippen LogP contribution in [0.5, 0.6) is 0 Å². The van der Waals surface area contributed by atoms with E-state index in [1.54, 1.807) is 12.1 Å². The molecule has 2 aromatic rings. The first-order valence-electron chi connectivity index (χ1n) is 5.13. The molecule has 1 amide bonds. The zero-order valence-electron chi connectivity index (χ0n) is 9.19. The minimum atomic E-state index is -0.805. The fraction of sp³-hybridized carbons (Fsp3) is 0.0833. The second-order valence-corrected chi connectivity index (χ2v) is 5.02. The first-order chi connectivity index (χ1) is 8.58. The molecule has 0 radical (unpaired) electrons. The lowest BCUT2D eigenvalue weighted by Gasteiger charge is -2.11. The van der Waals surface area contributed by atoms with Crippen molar-refractivity contribution in [1.82, 2.24) is 0 Å². The third kappa shape index (κ3) is 2.87. The Morgan fingerprint density at radius 2 is 2.22 bits per heavy atom. The molecule has 1 heterocycles. The van der Waals surface area contributed by atoms with Gasteiger partial charge in [-0.05, 0) is 29.6 Å². The lowest BCUT2D eigenvalue weighted by molar-refractivity contribution is -0.117. The lowest BCUT2D eigenvalue weighted by Crippen LogP contribution is -2.27. The molecule has 0 aliphatic heterocycles. The van der Waals surface area contributed by atoms with Crippen LogP contribution in [0.25, 0.3) is 0 Å². The van der Waals surface area contributed by atoms with Crippen LogP contribution in [0.3, 0.4) is 0 Å². The summed E-state index contributed by atoms with van der Waals surface area (Å²) in [5.74, 6) is -1.05. The summed E-state index contributed by atoms with van der Waals surface area (Å²) < 4.78 is 13.5. The normalized spacial score (nSPS) is 12.2. The highest BCUT2D eigenvalue weighted by Crippen LogP contribution is 2.22. The average molecular weight is 285 g/mol. The average Bonchev–Trinajstić information content (AvgIpc) is 2.85. The molecule has 3 nitrogen and oxygen atoms in total. The Morgan fingerprint density at radius 3 is 2.83 bits per heavy atom. The number of hydrogen-bond donors (Lipinski definition) is 2. The quantitative estimate of drug-likeness (QED) is 0.909. The standard InChI is InChI=1S/C12H10ClFN2OS/c13-7-3-4-9(8(14)6-7)16-12(17)11(15)10-2-1-5-18-10/h1-6,11H,15H2,(H,16,17). The summed E-state index contributed by atoms with van der Waals surface area (Å²) in [4.78, 5) is 12.5. The molecule has 0 saturated carbocycles. The summed E-state index contributed by atoms with van der Waals surface area (Å²) >= 11 is 7.00. The minimum absolute atomic E-state index is 0.0661. The predicted octanol–water partition coefficient (Wildman–Crippen LogP) is 3.18. The maximum absolute atomic E-state index is 13.5. The van der Waals surface area contributed by atoms with Crippen LogP contribution in [0, 0.1) is 5.82 Å². The minimum Gasteiger partial charge on any atom is -0.322 e. The molecule has 3 N–H and O–H groups in total. The van der Waals surface area contributed by atoms with Gasteiger partial charge in [-0.25, -0.2) is 4.39 Å². The van der Waals surface area contributed by atoms with Crippen molar-refractivity contribution >= 4 is 34.5 Å². The van der Waals surface area contributed by atoms with E-state index in [1.165, 1.54) is 23.5 Å². The van der Waals surface area contributed by atoms with Gasteiger partial charge < -0.3 is 11.1 Å². The summed E-state index contributed by atoms with van der Waals surface area (Å²) in [5, 5.41) is 4.53. The van der Waals surface area contributed by atoms with E-state index in [-0.39, 0.29) is 10.7 Å².